The molecule has 7 nitrogen and oxygen atoms in total. The molecule has 0 fully saturated rings. The molecule has 1 aromatic carbocycles. The fourth-order valence-corrected chi connectivity index (χ4v) is 2.36. The van der Waals surface area contributed by atoms with Gasteiger partial charge in [-0.05, 0) is 30.0 Å². The summed E-state index contributed by atoms with van der Waals surface area (Å²) in [4.78, 5) is 23.3. The van der Waals surface area contributed by atoms with Crippen LogP contribution < -0.4 is 25.8 Å². The van der Waals surface area contributed by atoms with Gasteiger partial charge in [-0.25, -0.2) is 4.79 Å². The Morgan fingerprint density at radius 3 is 2.50 bits per heavy atom. The van der Waals surface area contributed by atoms with Crippen molar-refractivity contribution in [1.29, 1.82) is 0 Å². The summed E-state index contributed by atoms with van der Waals surface area (Å²) in [7, 11) is 1.35. The van der Waals surface area contributed by atoms with Gasteiger partial charge in [-0.1, -0.05) is 26.3 Å². The van der Waals surface area contributed by atoms with Gasteiger partial charge in [0.05, 0.1) is 7.11 Å². The highest BCUT2D eigenvalue weighted by atomic mass is 19.3. The molecular weight excluding hydrogens is 348 g/mol. The van der Waals surface area contributed by atoms with Crippen molar-refractivity contribution in [3.63, 3.8) is 0 Å². The van der Waals surface area contributed by atoms with Gasteiger partial charge in [-0.2, -0.15) is 8.78 Å². The number of benzene rings is 1. The lowest BCUT2D eigenvalue weighted by atomic mass is 9.98. The maximum absolute atomic E-state index is 12.3. The molecule has 0 unspecified atom stereocenters. The van der Waals surface area contributed by atoms with Crippen LogP contribution in [0.3, 0.4) is 0 Å². The minimum atomic E-state index is -2.94. The summed E-state index contributed by atoms with van der Waals surface area (Å²) in [5.41, 5.74) is 5.88. The van der Waals surface area contributed by atoms with E-state index in [0.29, 0.717) is 19.4 Å². The molecule has 0 aliphatic rings. The fourth-order valence-electron chi connectivity index (χ4n) is 2.36. The fraction of sp³-hybridized carbons (Fsp3) is 0.529. The Morgan fingerprint density at radius 1 is 1.27 bits per heavy atom. The van der Waals surface area contributed by atoms with E-state index in [9.17, 15) is 18.4 Å². The summed E-state index contributed by atoms with van der Waals surface area (Å²) >= 11 is 0. The monoisotopic (exact) mass is 373 g/mol. The zero-order chi connectivity index (χ0) is 19.7. The second kappa shape index (κ2) is 10.4. The number of halogens is 2. The van der Waals surface area contributed by atoms with Crippen molar-refractivity contribution in [1.82, 2.24) is 10.6 Å². The molecule has 9 heteroatoms. The summed E-state index contributed by atoms with van der Waals surface area (Å²) in [5, 5.41) is 5.18. The number of carbonyl (C=O) groups excluding carboxylic acids is 2. The molecule has 0 aliphatic heterocycles. The van der Waals surface area contributed by atoms with Crippen LogP contribution in [0.15, 0.2) is 18.2 Å². The molecular formula is C17H25F2N3O4. The number of urea groups is 1. The van der Waals surface area contributed by atoms with Crippen LogP contribution in [0.5, 0.6) is 11.5 Å². The van der Waals surface area contributed by atoms with Crippen LogP contribution >= 0.6 is 0 Å². The van der Waals surface area contributed by atoms with E-state index in [2.05, 4.69) is 15.4 Å². The highest BCUT2D eigenvalue weighted by Gasteiger charge is 2.24. The summed E-state index contributed by atoms with van der Waals surface area (Å²) in [6.07, 6.45) is 1.14. The van der Waals surface area contributed by atoms with Gasteiger partial charge < -0.3 is 25.8 Å². The average molecular weight is 373 g/mol. The number of methoxy groups -OCH3 is 1. The van der Waals surface area contributed by atoms with Crippen LogP contribution in [0.4, 0.5) is 13.6 Å². The Hall–Kier alpha value is -2.58. The molecule has 26 heavy (non-hydrogen) atoms. The second-order valence-electron chi connectivity index (χ2n) is 5.78. The highest BCUT2D eigenvalue weighted by molar-refractivity contribution is 5.86. The Balaban J connectivity index is 2.65. The van der Waals surface area contributed by atoms with E-state index in [0.717, 1.165) is 5.56 Å². The molecule has 0 heterocycles. The Morgan fingerprint density at radius 2 is 1.96 bits per heavy atom. The number of carbonyl (C=O) groups is 2. The molecule has 2 atom stereocenters. The molecule has 1 rings (SSSR count). The van der Waals surface area contributed by atoms with E-state index >= 15 is 0 Å². The number of amides is 3. The van der Waals surface area contributed by atoms with E-state index in [1.807, 2.05) is 13.8 Å². The minimum Gasteiger partial charge on any atom is -0.493 e. The summed E-state index contributed by atoms with van der Waals surface area (Å²) in [6.45, 7) is 1.10. The van der Waals surface area contributed by atoms with E-state index < -0.39 is 18.7 Å². The van der Waals surface area contributed by atoms with Gasteiger partial charge in [-0.3, -0.25) is 4.79 Å². The lowest BCUT2D eigenvalue weighted by molar-refractivity contribution is -0.124. The van der Waals surface area contributed by atoms with E-state index in [1.54, 1.807) is 12.1 Å². The van der Waals surface area contributed by atoms with Gasteiger partial charge in [0, 0.05) is 6.54 Å². The Labute approximate surface area is 151 Å². The standard InChI is InChI=1S/C17H25F2N3O4/c1-4-10(2)14(22-17(20)24)15(23)21-8-7-11-5-6-12(26-16(18)19)13(9-11)25-3/h5-6,9-10,14,16H,4,7-8H2,1-3H3,(H,21,23)(H3,20,22,24)/t10-,14-/m0/s1. The zero-order valence-corrected chi connectivity index (χ0v) is 15.1. The normalized spacial score (nSPS) is 13.0. The number of nitrogens with one attached hydrogen (secondary N) is 2. The number of primary amides is 1. The molecule has 0 aliphatic carbocycles. The first-order valence-electron chi connectivity index (χ1n) is 8.23. The molecule has 0 aromatic heterocycles. The third-order valence-corrected chi connectivity index (χ3v) is 3.95. The topological polar surface area (TPSA) is 103 Å². The number of ether oxygens (including phenoxy) is 2. The lowest BCUT2D eigenvalue weighted by Gasteiger charge is -2.22. The first-order chi connectivity index (χ1) is 12.3. The van der Waals surface area contributed by atoms with Crippen LogP contribution in [-0.2, 0) is 11.2 Å². The zero-order valence-electron chi connectivity index (χ0n) is 15.1. The number of alkyl halides is 2. The SMILES string of the molecule is CC[C@H](C)[C@H](NC(N)=O)C(=O)NCCc1ccc(OC(F)F)c(OC)c1. The van der Waals surface area contributed by atoms with Crippen molar-refractivity contribution in [3.05, 3.63) is 23.8 Å². The van der Waals surface area contributed by atoms with Gasteiger partial charge in [-0.15, -0.1) is 0 Å². The maximum Gasteiger partial charge on any atom is 0.387 e. The summed E-state index contributed by atoms with van der Waals surface area (Å²) in [5.74, 6) is -0.282. The predicted molar refractivity (Wildman–Crippen MR) is 92.3 cm³/mol. The molecule has 0 spiro atoms. The van der Waals surface area contributed by atoms with Gasteiger partial charge in [0.15, 0.2) is 11.5 Å². The molecule has 1 aromatic rings. The highest BCUT2D eigenvalue weighted by Crippen LogP contribution is 2.29. The third-order valence-electron chi connectivity index (χ3n) is 3.95. The summed E-state index contributed by atoms with van der Waals surface area (Å²) < 4.78 is 34.0. The Bertz CT molecular complexity index is 614. The third kappa shape index (κ3) is 6.73. The van der Waals surface area contributed by atoms with Crippen LogP contribution in [-0.4, -0.2) is 38.2 Å². The Kier molecular flexibility index (Phi) is 8.60. The van der Waals surface area contributed by atoms with Gasteiger partial charge >= 0.3 is 12.6 Å². The smallest absolute Gasteiger partial charge is 0.387 e. The second-order valence-corrected chi connectivity index (χ2v) is 5.78. The number of nitrogens with two attached hydrogens (primary N) is 1. The molecule has 0 saturated heterocycles. The predicted octanol–water partition coefficient (Wildman–Crippen LogP) is 2.04. The van der Waals surface area contributed by atoms with Crippen molar-refractivity contribution < 1.29 is 27.8 Å². The van der Waals surface area contributed by atoms with Crippen molar-refractivity contribution in [2.75, 3.05) is 13.7 Å². The summed E-state index contributed by atoms with van der Waals surface area (Å²) in [6, 6.07) is 3.09. The van der Waals surface area contributed by atoms with Gasteiger partial charge in [0.1, 0.15) is 6.04 Å². The van der Waals surface area contributed by atoms with Crippen molar-refractivity contribution in [3.8, 4) is 11.5 Å². The number of hydrogen-bond acceptors (Lipinski definition) is 4. The van der Waals surface area contributed by atoms with E-state index in [1.165, 1.54) is 13.2 Å². The molecule has 0 bridgehead atoms. The first kappa shape index (κ1) is 21.5. The largest absolute Gasteiger partial charge is 0.493 e. The minimum absolute atomic E-state index is 0.0576. The molecule has 4 N–H and O–H groups in total. The van der Waals surface area contributed by atoms with Gasteiger partial charge in [0.2, 0.25) is 5.91 Å². The van der Waals surface area contributed by atoms with Crippen LogP contribution in [0, 0.1) is 5.92 Å². The molecule has 0 radical (unpaired) electrons. The number of hydrogen-bond donors (Lipinski definition) is 3. The molecule has 0 saturated carbocycles. The molecule has 3 amide bonds. The van der Waals surface area contributed by atoms with E-state index in [-0.39, 0.29) is 23.3 Å². The van der Waals surface area contributed by atoms with Crippen molar-refractivity contribution >= 4 is 11.9 Å². The maximum atomic E-state index is 12.3. The first-order valence-corrected chi connectivity index (χ1v) is 8.23. The van der Waals surface area contributed by atoms with E-state index in [4.69, 9.17) is 10.5 Å². The molecule has 146 valence electrons. The van der Waals surface area contributed by atoms with Crippen molar-refractivity contribution in [2.24, 2.45) is 11.7 Å². The quantitative estimate of drug-likeness (QED) is 0.584. The van der Waals surface area contributed by atoms with Crippen LogP contribution in [0.1, 0.15) is 25.8 Å². The van der Waals surface area contributed by atoms with Crippen LogP contribution in [0.25, 0.3) is 0 Å². The van der Waals surface area contributed by atoms with Gasteiger partial charge in [0.25, 0.3) is 0 Å². The lowest BCUT2D eigenvalue weighted by Crippen LogP contribution is -2.52. The number of rotatable bonds is 10. The van der Waals surface area contributed by atoms with Crippen molar-refractivity contribution in [2.45, 2.75) is 39.3 Å². The average Bonchev–Trinajstić information content (AvgIpc) is 2.59. The van der Waals surface area contributed by atoms with Crippen LogP contribution in [0.2, 0.25) is 0 Å².